The van der Waals surface area contributed by atoms with E-state index in [9.17, 15) is 9.59 Å². The third-order valence-corrected chi connectivity index (χ3v) is 7.91. The van der Waals surface area contributed by atoms with Crippen LogP contribution >= 0.6 is 38.9 Å². The molecule has 0 saturated heterocycles. The summed E-state index contributed by atoms with van der Waals surface area (Å²) in [7, 11) is 1.55. The van der Waals surface area contributed by atoms with Crippen molar-refractivity contribution >= 4 is 50.9 Å². The summed E-state index contributed by atoms with van der Waals surface area (Å²) in [5.74, 6) is 1.03. The van der Waals surface area contributed by atoms with Gasteiger partial charge in [0.1, 0.15) is 5.75 Å². The Labute approximate surface area is 243 Å². The summed E-state index contributed by atoms with van der Waals surface area (Å²) < 4.78 is 24.8. The number of esters is 1. The molecule has 39 heavy (non-hydrogen) atoms. The van der Waals surface area contributed by atoms with Gasteiger partial charge in [-0.3, -0.25) is 9.36 Å². The monoisotopic (exact) mass is 634 g/mol. The average Bonchev–Trinajstić information content (AvgIpc) is 3.20. The first-order valence-electron chi connectivity index (χ1n) is 12.4. The van der Waals surface area contributed by atoms with Crippen LogP contribution in [0, 0.1) is 0 Å². The van der Waals surface area contributed by atoms with Crippen LogP contribution in [-0.2, 0) is 9.53 Å². The van der Waals surface area contributed by atoms with Crippen LogP contribution in [0.4, 0.5) is 0 Å². The second-order valence-corrected chi connectivity index (χ2v) is 10.7. The van der Waals surface area contributed by atoms with E-state index in [2.05, 4.69) is 20.9 Å². The van der Waals surface area contributed by atoms with E-state index in [1.807, 2.05) is 19.9 Å². The highest BCUT2D eigenvalue weighted by atomic mass is 79.9. The minimum absolute atomic E-state index is 0.180. The molecule has 11 heteroatoms. The first kappa shape index (κ1) is 28.9. The Morgan fingerprint density at radius 3 is 2.46 bits per heavy atom. The van der Waals surface area contributed by atoms with E-state index in [0.29, 0.717) is 60.6 Å². The van der Waals surface area contributed by atoms with E-state index < -0.39 is 12.0 Å². The highest BCUT2D eigenvalue weighted by Crippen LogP contribution is 2.41. The molecule has 2 aromatic carbocycles. The molecule has 0 radical (unpaired) electrons. The summed E-state index contributed by atoms with van der Waals surface area (Å²) in [5, 5.41) is 0.447. The van der Waals surface area contributed by atoms with Crippen molar-refractivity contribution in [2.75, 3.05) is 26.9 Å². The second kappa shape index (κ2) is 12.4. The number of carbonyl (C=O) groups is 1. The van der Waals surface area contributed by atoms with Crippen LogP contribution in [0.5, 0.6) is 17.2 Å². The van der Waals surface area contributed by atoms with Crippen molar-refractivity contribution in [2.45, 2.75) is 33.7 Å². The Kier molecular flexibility index (Phi) is 9.19. The number of ether oxygens (including phenoxy) is 4. The lowest BCUT2D eigenvalue weighted by Gasteiger charge is -2.26. The Morgan fingerprint density at radius 1 is 1.10 bits per heavy atom. The fourth-order valence-electron chi connectivity index (χ4n) is 4.30. The Hall–Kier alpha value is -3.08. The molecule has 0 saturated carbocycles. The number of fused-ring (bicyclic) bond motifs is 1. The predicted molar refractivity (Wildman–Crippen MR) is 155 cm³/mol. The van der Waals surface area contributed by atoms with Crippen LogP contribution in [-0.4, -0.2) is 37.5 Å². The number of benzene rings is 2. The SMILES string of the molecule is CCOC(=O)C1=C(C)N=c2s/c(=C/c3ccc(OCC)c(Cl)c3)c(=O)n2[C@@H]1c1cc(OCC)c(OC)cc1Br. The van der Waals surface area contributed by atoms with Crippen molar-refractivity contribution < 1.29 is 23.7 Å². The molecule has 206 valence electrons. The Bertz CT molecular complexity index is 1630. The number of hydrogen-bond donors (Lipinski definition) is 0. The van der Waals surface area contributed by atoms with Gasteiger partial charge in [0.15, 0.2) is 16.3 Å². The number of carbonyl (C=O) groups excluding carboxylic acids is 1. The van der Waals surface area contributed by atoms with Gasteiger partial charge in [0.2, 0.25) is 0 Å². The van der Waals surface area contributed by atoms with Crippen LogP contribution in [0.25, 0.3) is 6.08 Å². The molecule has 1 aromatic heterocycles. The van der Waals surface area contributed by atoms with Gasteiger partial charge >= 0.3 is 5.97 Å². The molecular weight excluding hydrogens is 608 g/mol. The number of rotatable bonds is 9. The van der Waals surface area contributed by atoms with Crippen LogP contribution in [0.2, 0.25) is 5.02 Å². The predicted octanol–water partition coefficient (Wildman–Crippen LogP) is 5.02. The maximum Gasteiger partial charge on any atom is 0.338 e. The van der Waals surface area contributed by atoms with Crippen molar-refractivity contribution in [1.29, 1.82) is 0 Å². The molecule has 1 atom stereocenters. The summed E-state index contributed by atoms with van der Waals surface area (Å²) in [6.45, 7) is 8.30. The van der Waals surface area contributed by atoms with Gasteiger partial charge in [0.05, 0.1) is 53.8 Å². The largest absolute Gasteiger partial charge is 0.493 e. The molecular formula is C28H28BrClN2O6S. The van der Waals surface area contributed by atoms with Crippen LogP contribution < -0.4 is 29.1 Å². The highest BCUT2D eigenvalue weighted by molar-refractivity contribution is 9.10. The molecule has 3 aromatic rings. The van der Waals surface area contributed by atoms with E-state index in [1.54, 1.807) is 51.3 Å². The third kappa shape index (κ3) is 5.78. The minimum Gasteiger partial charge on any atom is -0.493 e. The van der Waals surface area contributed by atoms with Gasteiger partial charge in [-0.15, -0.1) is 0 Å². The molecule has 4 rings (SSSR count). The minimum atomic E-state index is -0.814. The van der Waals surface area contributed by atoms with Gasteiger partial charge in [-0.25, -0.2) is 9.79 Å². The molecule has 1 aliphatic heterocycles. The van der Waals surface area contributed by atoms with Gasteiger partial charge in [0.25, 0.3) is 5.56 Å². The summed E-state index contributed by atoms with van der Waals surface area (Å²) in [5.41, 5.74) is 1.80. The lowest BCUT2D eigenvalue weighted by Crippen LogP contribution is -2.40. The fraction of sp³-hybridized carbons (Fsp3) is 0.321. The number of hydrogen-bond acceptors (Lipinski definition) is 8. The summed E-state index contributed by atoms with van der Waals surface area (Å²) in [4.78, 5) is 32.2. The molecule has 8 nitrogen and oxygen atoms in total. The van der Waals surface area contributed by atoms with Gasteiger partial charge in [0, 0.05) is 4.47 Å². The van der Waals surface area contributed by atoms with Crippen LogP contribution in [0.15, 0.2) is 55.9 Å². The van der Waals surface area contributed by atoms with E-state index in [-0.39, 0.29) is 17.7 Å². The molecule has 0 fully saturated rings. The van der Waals surface area contributed by atoms with Crippen molar-refractivity contribution in [3.63, 3.8) is 0 Å². The van der Waals surface area contributed by atoms with Crippen molar-refractivity contribution in [1.82, 2.24) is 4.57 Å². The molecule has 0 amide bonds. The van der Waals surface area contributed by atoms with E-state index >= 15 is 0 Å². The molecule has 0 spiro atoms. The number of allylic oxidation sites excluding steroid dienone is 1. The summed E-state index contributed by atoms with van der Waals surface area (Å²) in [6.07, 6.45) is 1.75. The first-order valence-corrected chi connectivity index (χ1v) is 14.3. The molecule has 1 aliphatic rings. The number of nitrogens with zero attached hydrogens (tertiary/aromatic N) is 2. The zero-order valence-corrected chi connectivity index (χ0v) is 25.3. The molecule has 0 unspecified atom stereocenters. The molecule has 0 bridgehead atoms. The lowest BCUT2D eigenvalue weighted by molar-refractivity contribution is -0.139. The average molecular weight is 636 g/mol. The van der Waals surface area contributed by atoms with Crippen LogP contribution in [0.1, 0.15) is 44.9 Å². The summed E-state index contributed by atoms with van der Waals surface area (Å²) >= 11 is 11.2. The number of aromatic nitrogens is 1. The number of thiazole rings is 1. The second-order valence-electron chi connectivity index (χ2n) is 8.38. The molecule has 2 heterocycles. The topological polar surface area (TPSA) is 88.4 Å². The van der Waals surface area contributed by atoms with Gasteiger partial charge in [-0.2, -0.15) is 0 Å². The normalized spacial score (nSPS) is 15.1. The van der Waals surface area contributed by atoms with E-state index in [4.69, 9.17) is 30.5 Å². The summed E-state index contributed by atoms with van der Waals surface area (Å²) in [6, 6.07) is 8.06. The van der Waals surface area contributed by atoms with Gasteiger partial charge in [-0.05, 0) is 69.2 Å². The first-order chi connectivity index (χ1) is 18.7. The smallest absolute Gasteiger partial charge is 0.338 e. The van der Waals surface area contributed by atoms with E-state index in [1.165, 1.54) is 15.9 Å². The number of methoxy groups -OCH3 is 1. The third-order valence-electron chi connectivity index (χ3n) is 5.95. The quantitative estimate of drug-likeness (QED) is 0.307. The molecule has 0 N–H and O–H groups in total. The zero-order chi connectivity index (χ0) is 28.3. The standard InChI is InChI=1S/C28H28BrClN2O6S/c1-6-36-20-10-9-16(11-19(20)30)12-23-26(33)32-25(17-13-22(37-7-2)21(35-5)14-18(17)29)24(27(34)38-8-3)15(4)31-28(32)39-23/h9-14,25H,6-8H2,1-5H3/b23-12+/t25-/m1/s1. The van der Waals surface area contributed by atoms with E-state index in [0.717, 1.165) is 5.56 Å². The van der Waals surface area contributed by atoms with Gasteiger partial charge in [-0.1, -0.05) is 44.9 Å². The Morgan fingerprint density at radius 2 is 1.82 bits per heavy atom. The lowest BCUT2D eigenvalue weighted by atomic mass is 9.95. The van der Waals surface area contributed by atoms with Crippen molar-refractivity contribution in [3.8, 4) is 17.2 Å². The maximum absolute atomic E-state index is 13.9. The zero-order valence-electron chi connectivity index (χ0n) is 22.2. The van der Waals surface area contributed by atoms with Crippen molar-refractivity contribution in [2.24, 2.45) is 4.99 Å². The molecule has 0 aliphatic carbocycles. The van der Waals surface area contributed by atoms with Crippen molar-refractivity contribution in [3.05, 3.63) is 81.9 Å². The highest BCUT2D eigenvalue weighted by Gasteiger charge is 2.35. The van der Waals surface area contributed by atoms with Gasteiger partial charge < -0.3 is 18.9 Å². The van der Waals surface area contributed by atoms with Crippen LogP contribution in [0.3, 0.4) is 0 Å². The Balaban J connectivity index is 1.96. The fourth-order valence-corrected chi connectivity index (χ4v) is 6.13. The number of halogens is 2. The maximum atomic E-state index is 13.9.